The summed E-state index contributed by atoms with van der Waals surface area (Å²) in [6.07, 6.45) is 6.28. The van der Waals surface area contributed by atoms with Crippen molar-refractivity contribution >= 4 is 22.0 Å². The maximum Gasteiger partial charge on any atom is 0.407 e. The first-order valence-electron chi connectivity index (χ1n) is 14.6. The molecular formula is C32H39N3O8S. The van der Waals surface area contributed by atoms with Crippen LogP contribution in [0.5, 0.6) is 5.75 Å². The van der Waals surface area contributed by atoms with E-state index < -0.39 is 28.1 Å². The van der Waals surface area contributed by atoms with Crippen molar-refractivity contribution in [1.82, 2.24) is 14.6 Å². The van der Waals surface area contributed by atoms with Crippen molar-refractivity contribution < 1.29 is 37.7 Å². The second-order valence-corrected chi connectivity index (χ2v) is 12.7. The number of amides is 2. The van der Waals surface area contributed by atoms with Crippen LogP contribution in [0.3, 0.4) is 0 Å². The predicted molar refractivity (Wildman–Crippen MR) is 165 cm³/mol. The molecule has 1 atom stereocenters. The summed E-state index contributed by atoms with van der Waals surface area (Å²) in [5, 5.41) is 20.1. The highest BCUT2D eigenvalue weighted by Gasteiger charge is 2.23. The number of carbonyl (C=O) groups excluding carboxylic acids is 1. The van der Waals surface area contributed by atoms with Crippen LogP contribution in [0.15, 0.2) is 67.0 Å². The van der Waals surface area contributed by atoms with Gasteiger partial charge in [0.05, 0.1) is 36.7 Å². The zero-order valence-electron chi connectivity index (χ0n) is 24.7. The molecule has 0 aliphatic heterocycles. The second-order valence-electron chi connectivity index (χ2n) is 10.8. The first kappa shape index (κ1) is 32.9. The van der Waals surface area contributed by atoms with Crippen LogP contribution in [0.2, 0.25) is 0 Å². The van der Waals surface area contributed by atoms with Gasteiger partial charge in [0.25, 0.3) is 5.91 Å². The van der Waals surface area contributed by atoms with Crippen LogP contribution in [0, 0.1) is 0 Å². The van der Waals surface area contributed by atoms with E-state index in [4.69, 9.17) is 9.47 Å². The van der Waals surface area contributed by atoms with Gasteiger partial charge in [-0.25, -0.2) is 17.9 Å². The third-order valence-electron chi connectivity index (χ3n) is 7.57. The Labute approximate surface area is 257 Å². The minimum atomic E-state index is -3.88. The molecule has 3 N–H and O–H groups in total. The first-order valence-corrected chi connectivity index (χ1v) is 16.3. The van der Waals surface area contributed by atoms with Gasteiger partial charge in [-0.15, -0.1) is 0 Å². The molecule has 0 saturated heterocycles. The van der Waals surface area contributed by atoms with E-state index in [9.17, 15) is 28.2 Å². The van der Waals surface area contributed by atoms with Crippen molar-refractivity contribution in [3.05, 3.63) is 83.7 Å². The lowest BCUT2D eigenvalue weighted by molar-refractivity contribution is 0.0966. The number of carboxylic acid groups (broad SMARTS) is 1. The van der Waals surface area contributed by atoms with Gasteiger partial charge in [0.2, 0.25) is 10.0 Å². The van der Waals surface area contributed by atoms with E-state index in [0.717, 1.165) is 48.8 Å². The Bertz CT molecular complexity index is 1490. The number of pyridine rings is 1. The van der Waals surface area contributed by atoms with Crippen molar-refractivity contribution in [2.24, 2.45) is 0 Å². The molecule has 3 aromatic rings. The average Bonchev–Trinajstić information content (AvgIpc) is 3.02. The van der Waals surface area contributed by atoms with Crippen molar-refractivity contribution in [2.75, 3.05) is 32.6 Å². The Kier molecular flexibility index (Phi) is 11.7. The van der Waals surface area contributed by atoms with E-state index in [1.807, 2.05) is 24.3 Å². The third-order valence-corrected chi connectivity index (χ3v) is 8.77. The van der Waals surface area contributed by atoms with E-state index in [1.54, 1.807) is 36.5 Å². The summed E-state index contributed by atoms with van der Waals surface area (Å²) < 4.78 is 37.9. The summed E-state index contributed by atoms with van der Waals surface area (Å²) in [4.78, 5) is 30.0. The van der Waals surface area contributed by atoms with E-state index in [0.29, 0.717) is 17.7 Å². The Balaban J connectivity index is 1.47. The van der Waals surface area contributed by atoms with Gasteiger partial charge >= 0.3 is 6.09 Å². The number of carbonyl (C=O) groups is 2. The number of aliphatic hydroxyl groups is 1. The number of nitrogens with one attached hydrogen (secondary N) is 1. The van der Waals surface area contributed by atoms with Crippen LogP contribution in [-0.4, -0.2) is 79.2 Å². The van der Waals surface area contributed by atoms with Crippen LogP contribution in [0.4, 0.5) is 4.79 Å². The van der Waals surface area contributed by atoms with E-state index in [1.165, 1.54) is 18.2 Å². The first-order chi connectivity index (χ1) is 21.1. The van der Waals surface area contributed by atoms with Gasteiger partial charge in [0, 0.05) is 31.6 Å². The SMILES string of the molecule is COCCS(=O)(=O)NC(=O)c1ccc(-c2ccc(CCN(C[C@@H](O)c3cccnc3)C(=O)O)cc2)cc1OC1CCCCC1. The molecule has 12 heteroatoms. The molecule has 0 unspecified atom stereocenters. The highest BCUT2D eigenvalue weighted by molar-refractivity contribution is 7.90. The fourth-order valence-corrected chi connectivity index (χ4v) is 5.95. The molecule has 1 aromatic heterocycles. The van der Waals surface area contributed by atoms with Gasteiger partial charge in [-0.3, -0.25) is 9.78 Å². The number of aromatic nitrogens is 1. The molecule has 0 spiro atoms. The van der Waals surface area contributed by atoms with Gasteiger partial charge in [0.15, 0.2) is 0 Å². The van der Waals surface area contributed by atoms with Gasteiger partial charge in [-0.2, -0.15) is 0 Å². The zero-order chi connectivity index (χ0) is 31.5. The third kappa shape index (κ3) is 9.50. The van der Waals surface area contributed by atoms with Crippen LogP contribution in [0.25, 0.3) is 11.1 Å². The lowest BCUT2D eigenvalue weighted by atomic mass is 9.97. The van der Waals surface area contributed by atoms with E-state index >= 15 is 0 Å². The smallest absolute Gasteiger partial charge is 0.407 e. The fraction of sp³-hybridized carbons (Fsp3) is 0.406. The molecule has 0 bridgehead atoms. The van der Waals surface area contributed by atoms with E-state index in [-0.39, 0.29) is 37.1 Å². The molecule has 1 saturated carbocycles. The van der Waals surface area contributed by atoms with Gasteiger partial charge < -0.3 is 24.6 Å². The Morgan fingerprint density at radius 2 is 1.80 bits per heavy atom. The van der Waals surface area contributed by atoms with Crippen molar-refractivity contribution in [2.45, 2.75) is 50.7 Å². The number of methoxy groups -OCH3 is 1. The molecule has 0 radical (unpaired) electrons. The molecule has 4 rings (SSSR count). The summed E-state index contributed by atoms with van der Waals surface area (Å²) in [6, 6.07) is 16.1. The van der Waals surface area contributed by atoms with Crippen LogP contribution >= 0.6 is 0 Å². The highest BCUT2D eigenvalue weighted by Crippen LogP contribution is 2.31. The minimum absolute atomic E-state index is 0.0370. The Morgan fingerprint density at radius 3 is 2.45 bits per heavy atom. The number of hydrogen-bond acceptors (Lipinski definition) is 8. The summed E-state index contributed by atoms with van der Waals surface area (Å²) in [5.41, 5.74) is 3.23. The van der Waals surface area contributed by atoms with Crippen LogP contribution < -0.4 is 9.46 Å². The standard InChI is InChI=1S/C32H39N3O8S/c1-42-18-19-44(40,41)34-31(37)28-14-13-25(20-30(28)43-27-7-3-2-4-8-27)24-11-9-23(10-12-24)15-17-35(32(38)39)22-29(36)26-6-5-16-33-21-26/h5-6,9-14,16,20-21,27,29,36H,2-4,7-8,15,17-19,22H2,1H3,(H,34,37)(H,38,39)/t29-/m1/s1. The molecule has 11 nitrogen and oxygen atoms in total. The summed E-state index contributed by atoms with van der Waals surface area (Å²) >= 11 is 0. The van der Waals surface area contributed by atoms with Gasteiger partial charge in [-0.05, 0) is 67.0 Å². The van der Waals surface area contributed by atoms with E-state index in [2.05, 4.69) is 9.71 Å². The summed E-state index contributed by atoms with van der Waals surface area (Å²) in [5.74, 6) is -0.777. The van der Waals surface area contributed by atoms with Gasteiger partial charge in [0.1, 0.15) is 5.75 Å². The lowest BCUT2D eigenvalue weighted by Gasteiger charge is -2.24. The highest BCUT2D eigenvalue weighted by atomic mass is 32.2. The van der Waals surface area contributed by atoms with Crippen molar-refractivity contribution in [3.63, 3.8) is 0 Å². The molecule has 1 aliphatic carbocycles. The number of benzene rings is 2. The number of nitrogens with zero attached hydrogens (tertiary/aromatic N) is 2. The molecule has 2 aromatic carbocycles. The lowest BCUT2D eigenvalue weighted by Crippen LogP contribution is -2.35. The average molecular weight is 626 g/mol. The summed E-state index contributed by atoms with van der Waals surface area (Å²) in [6.45, 7) is 0.0869. The largest absolute Gasteiger partial charge is 0.490 e. The molecule has 44 heavy (non-hydrogen) atoms. The number of aliphatic hydroxyl groups excluding tert-OH is 1. The zero-order valence-corrected chi connectivity index (χ0v) is 25.5. The number of hydrogen-bond donors (Lipinski definition) is 3. The van der Waals surface area contributed by atoms with Crippen LogP contribution in [0.1, 0.15) is 59.7 Å². The monoisotopic (exact) mass is 625 g/mol. The normalized spacial score (nSPS) is 14.5. The molecule has 1 heterocycles. The molecular weight excluding hydrogens is 586 g/mol. The number of rotatable bonds is 14. The quantitative estimate of drug-likeness (QED) is 0.236. The molecule has 1 aliphatic rings. The Hall–Kier alpha value is -4.00. The second kappa shape index (κ2) is 15.6. The van der Waals surface area contributed by atoms with Crippen molar-refractivity contribution in [3.8, 4) is 16.9 Å². The topological polar surface area (TPSA) is 155 Å². The Morgan fingerprint density at radius 1 is 1.07 bits per heavy atom. The number of sulfonamides is 1. The van der Waals surface area contributed by atoms with Crippen LogP contribution in [-0.2, 0) is 21.2 Å². The van der Waals surface area contributed by atoms with Gasteiger partial charge in [-0.1, -0.05) is 42.8 Å². The maximum atomic E-state index is 13.0. The minimum Gasteiger partial charge on any atom is -0.490 e. The summed E-state index contributed by atoms with van der Waals surface area (Å²) in [7, 11) is -2.49. The molecule has 1 fully saturated rings. The van der Waals surface area contributed by atoms with Crippen molar-refractivity contribution in [1.29, 1.82) is 0 Å². The maximum absolute atomic E-state index is 13.0. The number of ether oxygens (including phenoxy) is 2. The predicted octanol–water partition coefficient (Wildman–Crippen LogP) is 4.42. The fourth-order valence-electron chi connectivity index (χ4n) is 5.07. The molecule has 2 amide bonds. The molecule has 236 valence electrons.